The number of aromatic nitrogens is 2. The molecule has 1 aliphatic rings. The van der Waals surface area contributed by atoms with Crippen molar-refractivity contribution >= 4 is 11.6 Å². The van der Waals surface area contributed by atoms with Crippen molar-refractivity contribution in [3.63, 3.8) is 0 Å². The number of nitrogen functional groups attached to an aromatic ring is 1. The normalized spacial score (nSPS) is 16.9. The molecule has 4 N–H and O–H groups in total. The van der Waals surface area contributed by atoms with E-state index in [1.54, 1.807) is 6.92 Å². The van der Waals surface area contributed by atoms with Gasteiger partial charge in [-0.15, -0.1) is 0 Å². The van der Waals surface area contributed by atoms with Gasteiger partial charge in [0, 0.05) is 18.0 Å². The molecule has 1 aliphatic carbocycles. The van der Waals surface area contributed by atoms with Crippen LogP contribution in [0.15, 0.2) is 0 Å². The Morgan fingerprint density at radius 3 is 2.76 bits per heavy atom. The zero-order valence-corrected chi connectivity index (χ0v) is 10.4. The lowest BCUT2D eigenvalue weighted by molar-refractivity contribution is 0.188. The predicted molar refractivity (Wildman–Crippen MR) is 67.9 cm³/mol. The van der Waals surface area contributed by atoms with E-state index in [4.69, 9.17) is 5.73 Å². The summed E-state index contributed by atoms with van der Waals surface area (Å²) in [4.78, 5) is 8.82. The molecule has 0 aromatic carbocycles. The van der Waals surface area contributed by atoms with Gasteiger partial charge in [0.1, 0.15) is 17.5 Å². The highest BCUT2D eigenvalue weighted by Crippen LogP contribution is 2.39. The number of aliphatic hydroxyl groups excluding tert-OH is 1. The molecule has 1 aromatic rings. The van der Waals surface area contributed by atoms with E-state index in [0.717, 1.165) is 30.0 Å². The van der Waals surface area contributed by atoms with E-state index < -0.39 is 0 Å². The summed E-state index contributed by atoms with van der Waals surface area (Å²) < 4.78 is 0. The highest BCUT2D eigenvalue weighted by Gasteiger charge is 2.27. The number of nitrogens with zero attached hydrogens (tertiary/aromatic N) is 2. The first-order valence-corrected chi connectivity index (χ1v) is 6.14. The Morgan fingerprint density at radius 1 is 1.47 bits per heavy atom. The summed E-state index contributed by atoms with van der Waals surface area (Å²) in [6.07, 6.45) is 2.72. The topological polar surface area (TPSA) is 84.1 Å². The molecular weight excluding hydrogens is 216 g/mol. The van der Waals surface area contributed by atoms with E-state index in [0.29, 0.717) is 24.7 Å². The lowest BCUT2D eigenvalue weighted by Gasteiger charge is -2.12. The third kappa shape index (κ3) is 3.06. The standard InChI is InChI=1S/C12H20N4O/c1-7(17)5-6-14-11-8(2)10(13)15-12(16-11)9-3-4-9/h7,9,17H,3-6H2,1-2H3,(H3,13,14,15,16). The molecule has 1 fully saturated rings. The molecule has 1 aromatic heterocycles. The van der Waals surface area contributed by atoms with E-state index in [2.05, 4.69) is 15.3 Å². The molecule has 0 saturated heterocycles. The summed E-state index contributed by atoms with van der Waals surface area (Å²) in [6, 6.07) is 0. The Morgan fingerprint density at radius 2 is 2.18 bits per heavy atom. The summed E-state index contributed by atoms with van der Waals surface area (Å²) in [7, 11) is 0. The van der Waals surface area contributed by atoms with Gasteiger partial charge in [0.2, 0.25) is 0 Å². The molecule has 0 radical (unpaired) electrons. The average molecular weight is 236 g/mol. The zero-order chi connectivity index (χ0) is 12.4. The first-order valence-electron chi connectivity index (χ1n) is 6.14. The number of anilines is 2. The van der Waals surface area contributed by atoms with Crippen LogP contribution in [-0.2, 0) is 0 Å². The second kappa shape index (κ2) is 4.87. The van der Waals surface area contributed by atoms with Gasteiger partial charge in [0.05, 0.1) is 6.10 Å². The van der Waals surface area contributed by atoms with Crippen LogP contribution in [0, 0.1) is 6.92 Å². The van der Waals surface area contributed by atoms with Crippen LogP contribution in [0.2, 0.25) is 0 Å². The van der Waals surface area contributed by atoms with Crippen LogP contribution in [0.25, 0.3) is 0 Å². The molecule has 0 spiro atoms. The minimum atomic E-state index is -0.301. The molecule has 0 amide bonds. The Kier molecular flexibility index (Phi) is 3.47. The Hall–Kier alpha value is -1.36. The van der Waals surface area contributed by atoms with Crippen molar-refractivity contribution in [3.05, 3.63) is 11.4 Å². The van der Waals surface area contributed by atoms with Gasteiger partial charge in [-0.2, -0.15) is 0 Å². The molecule has 2 rings (SSSR count). The van der Waals surface area contributed by atoms with Crippen molar-refractivity contribution < 1.29 is 5.11 Å². The van der Waals surface area contributed by atoms with E-state index in [9.17, 15) is 5.11 Å². The van der Waals surface area contributed by atoms with Crippen molar-refractivity contribution in [3.8, 4) is 0 Å². The molecule has 5 heteroatoms. The van der Waals surface area contributed by atoms with Crippen molar-refractivity contribution in [1.29, 1.82) is 0 Å². The number of nitrogens with one attached hydrogen (secondary N) is 1. The van der Waals surface area contributed by atoms with Gasteiger partial charge in [0.25, 0.3) is 0 Å². The lowest BCUT2D eigenvalue weighted by Crippen LogP contribution is -2.13. The SMILES string of the molecule is Cc1c(N)nc(C2CC2)nc1NCCC(C)O. The van der Waals surface area contributed by atoms with Crippen molar-refractivity contribution in [1.82, 2.24) is 9.97 Å². The quantitative estimate of drug-likeness (QED) is 0.720. The second-order valence-electron chi connectivity index (χ2n) is 4.78. The molecule has 1 atom stereocenters. The number of rotatable bonds is 5. The van der Waals surface area contributed by atoms with Gasteiger partial charge in [-0.1, -0.05) is 0 Å². The van der Waals surface area contributed by atoms with Crippen LogP contribution in [0.4, 0.5) is 11.6 Å². The Labute approximate surface area is 101 Å². The number of aliphatic hydroxyl groups is 1. The summed E-state index contributed by atoms with van der Waals surface area (Å²) in [5.74, 6) is 2.71. The van der Waals surface area contributed by atoms with E-state index >= 15 is 0 Å². The van der Waals surface area contributed by atoms with Crippen molar-refractivity contribution in [2.45, 2.75) is 45.1 Å². The predicted octanol–water partition coefficient (Wildman–Crippen LogP) is 1.43. The Balaban J connectivity index is 2.08. The minimum Gasteiger partial charge on any atom is -0.393 e. The highest BCUT2D eigenvalue weighted by molar-refractivity contribution is 5.55. The molecule has 17 heavy (non-hydrogen) atoms. The first-order chi connectivity index (χ1) is 8.08. The fourth-order valence-electron chi connectivity index (χ4n) is 1.65. The monoisotopic (exact) mass is 236 g/mol. The molecule has 5 nitrogen and oxygen atoms in total. The maximum absolute atomic E-state index is 9.21. The van der Waals surface area contributed by atoms with Crippen LogP contribution in [0.5, 0.6) is 0 Å². The van der Waals surface area contributed by atoms with Gasteiger partial charge in [-0.25, -0.2) is 9.97 Å². The van der Waals surface area contributed by atoms with Gasteiger partial charge in [-0.3, -0.25) is 0 Å². The largest absolute Gasteiger partial charge is 0.393 e. The summed E-state index contributed by atoms with van der Waals surface area (Å²) in [5.41, 5.74) is 6.77. The average Bonchev–Trinajstić information content (AvgIpc) is 3.07. The minimum absolute atomic E-state index is 0.301. The second-order valence-corrected chi connectivity index (χ2v) is 4.78. The van der Waals surface area contributed by atoms with Crippen molar-refractivity contribution in [2.24, 2.45) is 0 Å². The fraction of sp³-hybridized carbons (Fsp3) is 0.667. The summed E-state index contributed by atoms with van der Waals surface area (Å²) in [5, 5.41) is 12.4. The molecule has 94 valence electrons. The van der Waals surface area contributed by atoms with Crippen LogP contribution in [-0.4, -0.2) is 27.7 Å². The van der Waals surface area contributed by atoms with E-state index in [1.807, 2.05) is 6.92 Å². The smallest absolute Gasteiger partial charge is 0.136 e. The van der Waals surface area contributed by atoms with Crippen LogP contribution >= 0.6 is 0 Å². The molecular formula is C12H20N4O. The highest BCUT2D eigenvalue weighted by atomic mass is 16.3. The molecule has 1 heterocycles. The number of nitrogens with two attached hydrogens (primary N) is 1. The zero-order valence-electron chi connectivity index (χ0n) is 10.4. The van der Waals surface area contributed by atoms with Crippen LogP contribution in [0.1, 0.15) is 43.5 Å². The molecule has 0 aliphatic heterocycles. The maximum Gasteiger partial charge on any atom is 0.136 e. The summed E-state index contributed by atoms with van der Waals surface area (Å²) in [6.45, 7) is 4.38. The summed E-state index contributed by atoms with van der Waals surface area (Å²) >= 11 is 0. The Bertz CT molecular complexity index is 402. The van der Waals surface area contributed by atoms with E-state index in [-0.39, 0.29) is 6.10 Å². The van der Waals surface area contributed by atoms with E-state index in [1.165, 1.54) is 0 Å². The molecule has 1 saturated carbocycles. The number of hydrogen-bond acceptors (Lipinski definition) is 5. The van der Waals surface area contributed by atoms with Gasteiger partial charge in [-0.05, 0) is 33.1 Å². The lowest BCUT2D eigenvalue weighted by atomic mass is 10.2. The first kappa shape index (κ1) is 12.1. The van der Waals surface area contributed by atoms with Gasteiger partial charge < -0.3 is 16.2 Å². The van der Waals surface area contributed by atoms with Gasteiger partial charge >= 0.3 is 0 Å². The third-order valence-electron chi connectivity index (χ3n) is 3.00. The molecule has 0 bridgehead atoms. The van der Waals surface area contributed by atoms with Gasteiger partial charge in [0.15, 0.2) is 0 Å². The van der Waals surface area contributed by atoms with Crippen molar-refractivity contribution in [2.75, 3.05) is 17.6 Å². The molecule has 1 unspecified atom stereocenters. The fourth-order valence-corrected chi connectivity index (χ4v) is 1.65. The maximum atomic E-state index is 9.21. The number of hydrogen-bond donors (Lipinski definition) is 3. The third-order valence-corrected chi connectivity index (χ3v) is 3.00. The van der Waals surface area contributed by atoms with Crippen LogP contribution in [0.3, 0.4) is 0 Å². The van der Waals surface area contributed by atoms with Crippen LogP contribution < -0.4 is 11.1 Å².